The highest BCUT2D eigenvalue weighted by Gasteiger charge is 2.14. The molecule has 1 amide bonds. The van der Waals surface area contributed by atoms with Gasteiger partial charge in [-0.05, 0) is 24.5 Å². The lowest BCUT2D eigenvalue weighted by Gasteiger charge is -2.14. The Balaban J connectivity index is 2.19. The van der Waals surface area contributed by atoms with Gasteiger partial charge in [-0.1, -0.05) is 32.9 Å². The molecule has 0 bridgehead atoms. The first-order valence-electron chi connectivity index (χ1n) is 8.07. The SMILES string of the molecule is CCc1cc(=O)[nH]c(-c2cccc(NC(=O)CC(O)C(C)C)c2)n1. The van der Waals surface area contributed by atoms with Crippen molar-refractivity contribution in [3.8, 4) is 11.4 Å². The Morgan fingerprint density at radius 3 is 2.75 bits per heavy atom. The van der Waals surface area contributed by atoms with Crippen LogP contribution in [0.3, 0.4) is 0 Å². The third kappa shape index (κ3) is 4.76. The monoisotopic (exact) mass is 329 g/mol. The molecule has 1 atom stereocenters. The Kier molecular flexibility index (Phi) is 5.87. The van der Waals surface area contributed by atoms with Gasteiger partial charge in [-0.3, -0.25) is 9.59 Å². The van der Waals surface area contributed by atoms with Gasteiger partial charge in [0.1, 0.15) is 5.82 Å². The summed E-state index contributed by atoms with van der Waals surface area (Å²) in [4.78, 5) is 30.8. The molecule has 0 fully saturated rings. The summed E-state index contributed by atoms with van der Waals surface area (Å²) in [6.07, 6.45) is 0.0374. The average Bonchev–Trinajstić information content (AvgIpc) is 2.54. The Morgan fingerprint density at radius 1 is 1.33 bits per heavy atom. The third-order valence-electron chi connectivity index (χ3n) is 3.74. The molecule has 0 spiro atoms. The number of carbonyl (C=O) groups excluding carboxylic acids is 1. The van der Waals surface area contributed by atoms with Crippen LogP contribution in [0.1, 0.15) is 32.9 Å². The lowest BCUT2D eigenvalue weighted by atomic mass is 10.0. The molecule has 0 aliphatic rings. The highest BCUT2D eigenvalue weighted by Crippen LogP contribution is 2.19. The number of aliphatic hydroxyl groups excluding tert-OH is 1. The highest BCUT2D eigenvalue weighted by atomic mass is 16.3. The van der Waals surface area contributed by atoms with E-state index >= 15 is 0 Å². The molecule has 2 aromatic rings. The summed E-state index contributed by atoms with van der Waals surface area (Å²) in [6, 6.07) is 8.57. The normalized spacial score (nSPS) is 12.2. The van der Waals surface area contributed by atoms with Gasteiger partial charge in [0.25, 0.3) is 5.56 Å². The second kappa shape index (κ2) is 7.88. The van der Waals surface area contributed by atoms with Gasteiger partial charge in [0.2, 0.25) is 5.91 Å². The highest BCUT2D eigenvalue weighted by molar-refractivity contribution is 5.91. The van der Waals surface area contributed by atoms with E-state index in [0.717, 1.165) is 0 Å². The Bertz CT molecular complexity index is 768. The molecular weight excluding hydrogens is 306 g/mol. The second-order valence-corrected chi connectivity index (χ2v) is 6.08. The zero-order valence-electron chi connectivity index (χ0n) is 14.2. The molecule has 1 heterocycles. The fourth-order valence-corrected chi connectivity index (χ4v) is 2.21. The molecule has 6 heteroatoms. The van der Waals surface area contributed by atoms with Crippen molar-refractivity contribution < 1.29 is 9.90 Å². The van der Waals surface area contributed by atoms with Crippen LogP contribution in [-0.2, 0) is 11.2 Å². The maximum Gasteiger partial charge on any atom is 0.251 e. The number of rotatable bonds is 6. The summed E-state index contributed by atoms with van der Waals surface area (Å²) in [5.74, 6) is 0.239. The molecule has 0 saturated carbocycles. The van der Waals surface area contributed by atoms with Crippen LogP contribution in [0.25, 0.3) is 11.4 Å². The van der Waals surface area contributed by atoms with Crippen LogP contribution in [0.5, 0.6) is 0 Å². The van der Waals surface area contributed by atoms with Gasteiger partial charge in [-0.2, -0.15) is 0 Å². The standard InChI is InChI=1S/C18H23N3O3/c1-4-13-9-16(23)21-18(20-13)12-6-5-7-14(8-12)19-17(24)10-15(22)11(2)3/h5-9,11,15,22H,4,10H2,1-3H3,(H,19,24)(H,20,21,23). The number of hydrogen-bond donors (Lipinski definition) is 3. The van der Waals surface area contributed by atoms with Crippen LogP contribution in [-0.4, -0.2) is 27.1 Å². The zero-order chi connectivity index (χ0) is 17.7. The van der Waals surface area contributed by atoms with Crippen LogP contribution in [0.15, 0.2) is 35.1 Å². The molecule has 2 rings (SSSR count). The van der Waals surface area contributed by atoms with E-state index in [-0.39, 0.29) is 23.8 Å². The molecule has 0 radical (unpaired) electrons. The molecule has 0 aliphatic carbocycles. The minimum atomic E-state index is -0.674. The fourth-order valence-electron chi connectivity index (χ4n) is 2.21. The number of carbonyl (C=O) groups is 1. The number of nitrogens with zero attached hydrogens (tertiary/aromatic N) is 1. The summed E-state index contributed by atoms with van der Waals surface area (Å²) in [6.45, 7) is 5.66. The van der Waals surface area contributed by atoms with Crippen molar-refractivity contribution in [1.29, 1.82) is 0 Å². The average molecular weight is 329 g/mol. The first-order chi connectivity index (χ1) is 11.4. The molecule has 0 saturated heterocycles. The van der Waals surface area contributed by atoms with Crippen molar-refractivity contribution in [3.05, 3.63) is 46.4 Å². The number of aromatic nitrogens is 2. The maximum atomic E-state index is 12.0. The Labute approximate surface area is 141 Å². The van der Waals surface area contributed by atoms with E-state index in [0.29, 0.717) is 29.2 Å². The minimum Gasteiger partial charge on any atom is -0.392 e. The fraction of sp³-hybridized carbons (Fsp3) is 0.389. The number of amides is 1. The number of aryl methyl sites for hydroxylation is 1. The topological polar surface area (TPSA) is 95.1 Å². The van der Waals surface area contributed by atoms with Gasteiger partial charge in [0, 0.05) is 23.0 Å². The smallest absolute Gasteiger partial charge is 0.251 e. The molecule has 1 aromatic heterocycles. The summed E-state index contributed by atoms with van der Waals surface area (Å²) < 4.78 is 0. The van der Waals surface area contributed by atoms with Crippen LogP contribution in [0.2, 0.25) is 0 Å². The Morgan fingerprint density at radius 2 is 2.08 bits per heavy atom. The molecule has 6 nitrogen and oxygen atoms in total. The predicted molar refractivity (Wildman–Crippen MR) is 93.8 cm³/mol. The summed E-state index contributed by atoms with van der Waals surface area (Å²) >= 11 is 0. The van der Waals surface area contributed by atoms with E-state index in [9.17, 15) is 14.7 Å². The summed E-state index contributed by atoms with van der Waals surface area (Å²) in [5.41, 5.74) is 1.82. The summed E-state index contributed by atoms with van der Waals surface area (Å²) in [5, 5.41) is 12.5. The van der Waals surface area contributed by atoms with Crippen LogP contribution in [0, 0.1) is 5.92 Å². The number of H-pyrrole nitrogens is 1. The lowest BCUT2D eigenvalue weighted by molar-refractivity contribution is -0.118. The summed E-state index contributed by atoms with van der Waals surface area (Å²) in [7, 11) is 0. The van der Waals surface area contributed by atoms with Crippen molar-refractivity contribution in [1.82, 2.24) is 9.97 Å². The first kappa shape index (κ1) is 17.9. The van der Waals surface area contributed by atoms with Gasteiger partial charge in [-0.15, -0.1) is 0 Å². The number of aromatic amines is 1. The first-order valence-corrected chi connectivity index (χ1v) is 8.07. The molecule has 3 N–H and O–H groups in total. The minimum absolute atomic E-state index is 0.0214. The molecule has 0 aliphatic heterocycles. The second-order valence-electron chi connectivity index (χ2n) is 6.08. The van der Waals surface area contributed by atoms with E-state index < -0.39 is 6.10 Å². The van der Waals surface area contributed by atoms with Crippen LogP contribution in [0.4, 0.5) is 5.69 Å². The van der Waals surface area contributed by atoms with Crippen molar-refractivity contribution in [2.75, 3.05) is 5.32 Å². The van der Waals surface area contributed by atoms with Crippen molar-refractivity contribution in [2.45, 2.75) is 39.7 Å². The Hall–Kier alpha value is -2.47. The predicted octanol–water partition coefficient (Wildman–Crippen LogP) is 2.34. The van der Waals surface area contributed by atoms with Crippen molar-refractivity contribution in [3.63, 3.8) is 0 Å². The van der Waals surface area contributed by atoms with Crippen LogP contribution >= 0.6 is 0 Å². The van der Waals surface area contributed by atoms with Crippen LogP contribution < -0.4 is 10.9 Å². The van der Waals surface area contributed by atoms with E-state index in [4.69, 9.17) is 0 Å². The zero-order valence-corrected chi connectivity index (χ0v) is 14.2. The van der Waals surface area contributed by atoms with Gasteiger partial charge in [-0.25, -0.2) is 4.98 Å². The largest absolute Gasteiger partial charge is 0.392 e. The molecule has 24 heavy (non-hydrogen) atoms. The van der Waals surface area contributed by atoms with E-state index in [1.165, 1.54) is 6.07 Å². The number of benzene rings is 1. The number of aliphatic hydroxyl groups is 1. The van der Waals surface area contributed by atoms with Crippen molar-refractivity contribution >= 4 is 11.6 Å². The molecular formula is C18H23N3O3. The van der Waals surface area contributed by atoms with E-state index in [1.807, 2.05) is 26.8 Å². The molecule has 1 unspecified atom stereocenters. The molecule has 1 aromatic carbocycles. The number of anilines is 1. The van der Waals surface area contributed by atoms with Gasteiger partial charge in [0.05, 0.1) is 12.5 Å². The molecule has 128 valence electrons. The third-order valence-corrected chi connectivity index (χ3v) is 3.74. The maximum absolute atomic E-state index is 12.0. The van der Waals surface area contributed by atoms with E-state index in [1.54, 1.807) is 18.2 Å². The van der Waals surface area contributed by atoms with Gasteiger partial charge >= 0.3 is 0 Å². The quantitative estimate of drug-likeness (QED) is 0.758. The van der Waals surface area contributed by atoms with Crippen molar-refractivity contribution in [2.24, 2.45) is 5.92 Å². The van der Waals surface area contributed by atoms with E-state index in [2.05, 4.69) is 15.3 Å². The van der Waals surface area contributed by atoms with Gasteiger partial charge in [0.15, 0.2) is 0 Å². The lowest BCUT2D eigenvalue weighted by Crippen LogP contribution is -2.23. The van der Waals surface area contributed by atoms with Gasteiger partial charge < -0.3 is 15.4 Å². The number of hydrogen-bond acceptors (Lipinski definition) is 4. The number of nitrogens with one attached hydrogen (secondary N) is 2.